The highest BCUT2D eigenvalue weighted by Crippen LogP contribution is 2.47. The van der Waals surface area contributed by atoms with Crippen LogP contribution in [0.5, 0.6) is 0 Å². The van der Waals surface area contributed by atoms with Crippen LogP contribution in [0.1, 0.15) is 0 Å². The van der Waals surface area contributed by atoms with Crippen LogP contribution in [0.4, 0.5) is 0 Å². The van der Waals surface area contributed by atoms with Crippen LogP contribution in [0.2, 0.25) is 0 Å². The predicted octanol–water partition coefficient (Wildman–Crippen LogP) is 9.95. The molecule has 0 bridgehead atoms. The van der Waals surface area contributed by atoms with Crippen molar-refractivity contribution in [2.75, 3.05) is 0 Å². The molecule has 194 valence electrons. The Bertz CT molecular complexity index is 2720. The molecule has 0 N–H and O–H groups in total. The van der Waals surface area contributed by atoms with E-state index >= 15 is 0 Å². The fraction of sp³-hybridized carbons (Fsp3) is 0. The van der Waals surface area contributed by atoms with E-state index in [1.165, 1.54) is 47.1 Å². The van der Waals surface area contributed by atoms with Crippen molar-refractivity contribution in [2.24, 2.45) is 0 Å². The van der Waals surface area contributed by atoms with E-state index in [9.17, 15) is 0 Å². The molecule has 42 heavy (non-hydrogen) atoms. The van der Waals surface area contributed by atoms with Gasteiger partial charge < -0.3 is 0 Å². The van der Waals surface area contributed by atoms with Gasteiger partial charge in [0.1, 0.15) is 0 Å². The van der Waals surface area contributed by atoms with Gasteiger partial charge in [-0.1, -0.05) is 91.0 Å². The van der Waals surface area contributed by atoms with Gasteiger partial charge >= 0.3 is 0 Å². The van der Waals surface area contributed by atoms with Crippen molar-refractivity contribution < 1.29 is 0 Å². The quantitative estimate of drug-likeness (QED) is 0.190. The molecular formula is C37H20N4S. The number of hydrogen-bond donors (Lipinski definition) is 0. The molecule has 0 radical (unpaired) electrons. The number of nitrogens with zero attached hydrogens (tertiary/aromatic N) is 4. The van der Waals surface area contributed by atoms with E-state index in [4.69, 9.17) is 15.0 Å². The number of benzene rings is 6. The van der Waals surface area contributed by atoms with E-state index in [1.807, 2.05) is 29.8 Å². The molecule has 4 heterocycles. The molecule has 0 saturated carbocycles. The summed E-state index contributed by atoms with van der Waals surface area (Å²) in [6.07, 6.45) is 3.91. The third-order valence-electron chi connectivity index (χ3n) is 8.66. The predicted molar refractivity (Wildman–Crippen MR) is 177 cm³/mol. The summed E-state index contributed by atoms with van der Waals surface area (Å²) >= 11 is 1.81. The van der Waals surface area contributed by atoms with Crippen LogP contribution in [0.25, 0.3) is 91.3 Å². The van der Waals surface area contributed by atoms with E-state index in [2.05, 4.69) is 108 Å². The molecule has 4 nitrogen and oxygen atoms in total. The largest absolute Gasteiger partial charge is 0.277 e. The van der Waals surface area contributed by atoms with Crippen molar-refractivity contribution >= 4 is 96.7 Å². The summed E-state index contributed by atoms with van der Waals surface area (Å²) in [5, 5.41) is 11.8. The van der Waals surface area contributed by atoms with Gasteiger partial charge in [-0.25, -0.2) is 9.97 Å². The van der Waals surface area contributed by atoms with Gasteiger partial charge in [-0.05, 0) is 34.4 Å². The monoisotopic (exact) mass is 552 g/mol. The van der Waals surface area contributed by atoms with Gasteiger partial charge in [0.2, 0.25) is 5.95 Å². The van der Waals surface area contributed by atoms with Gasteiger partial charge in [-0.3, -0.25) is 9.55 Å². The molecule has 0 atom stereocenters. The summed E-state index contributed by atoms with van der Waals surface area (Å²) in [6, 6.07) is 38.7. The van der Waals surface area contributed by atoms with Crippen LogP contribution < -0.4 is 0 Å². The van der Waals surface area contributed by atoms with Gasteiger partial charge in [0.15, 0.2) is 0 Å². The molecule has 0 spiro atoms. The SMILES string of the molecule is c1ccc2c(c1)sc1c3ncccc3c3c4ccccc4n(-c4ncc5c6ccccc6c6ccccc6c5n4)c3c21. The molecule has 10 rings (SSSR count). The van der Waals surface area contributed by atoms with Crippen molar-refractivity contribution in [1.29, 1.82) is 0 Å². The first-order valence-electron chi connectivity index (χ1n) is 14.0. The van der Waals surface area contributed by atoms with Crippen molar-refractivity contribution in [2.45, 2.75) is 0 Å². The lowest BCUT2D eigenvalue weighted by molar-refractivity contribution is 1.02. The molecule has 0 saturated heterocycles. The molecule has 0 fully saturated rings. The highest BCUT2D eigenvalue weighted by molar-refractivity contribution is 7.26. The first-order chi connectivity index (χ1) is 20.9. The second-order valence-corrected chi connectivity index (χ2v) is 11.9. The summed E-state index contributed by atoms with van der Waals surface area (Å²) < 4.78 is 4.73. The summed E-state index contributed by atoms with van der Waals surface area (Å²) in [5.74, 6) is 0.675. The molecule has 10 aromatic rings. The van der Waals surface area contributed by atoms with Gasteiger partial charge in [0.25, 0.3) is 0 Å². The third-order valence-corrected chi connectivity index (χ3v) is 9.84. The maximum atomic E-state index is 5.39. The Morgan fingerprint density at radius 3 is 1.98 bits per heavy atom. The average Bonchev–Trinajstić information content (AvgIpc) is 3.61. The smallest absolute Gasteiger partial charge is 0.235 e. The first-order valence-corrected chi connectivity index (χ1v) is 14.9. The van der Waals surface area contributed by atoms with E-state index in [0.29, 0.717) is 5.95 Å². The molecular weight excluding hydrogens is 533 g/mol. The fourth-order valence-corrected chi connectivity index (χ4v) is 8.17. The summed E-state index contributed by atoms with van der Waals surface area (Å²) in [7, 11) is 0. The minimum Gasteiger partial charge on any atom is -0.277 e. The number of hydrogen-bond acceptors (Lipinski definition) is 4. The topological polar surface area (TPSA) is 43.6 Å². The second kappa shape index (κ2) is 8.09. The Kier molecular flexibility index (Phi) is 4.30. The van der Waals surface area contributed by atoms with Gasteiger partial charge in [0.05, 0.1) is 26.8 Å². The van der Waals surface area contributed by atoms with Crippen LogP contribution in [0.3, 0.4) is 0 Å². The Balaban J connectivity index is 1.46. The molecule has 0 aliphatic heterocycles. The zero-order valence-electron chi connectivity index (χ0n) is 22.2. The molecule has 0 aliphatic carbocycles. The molecule has 0 unspecified atom stereocenters. The fourth-order valence-electron chi connectivity index (χ4n) is 6.95. The highest BCUT2D eigenvalue weighted by atomic mass is 32.1. The van der Waals surface area contributed by atoms with Crippen molar-refractivity contribution in [3.8, 4) is 5.95 Å². The lowest BCUT2D eigenvalue weighted by Gasteiger charge is -2.12. The highest BCUT2D eigenvalue weighted by Gasteiger charge is 2.23. The van der Waals surface area contributed by atoms with Crippen LogP contribution in [-0.2, 0) is 0 Å². The Hall–Kier alpha value is -5.39. The second-order valence-electron chi connectivity index (χ2n) is 10.8. The standard InChI is InChI=1S/C37H20N4S/c1-2-12-23-21(10-1)22-11-3-4-13-24(22)33-28(23)20-39-37(40-33)41-29-17-7-5-14-25(29)31-27-16-9-19-38-34(27)36-32(35(31)41)26-15-6-8-18-30(26)42-36/h1-20H. The Morgan fingerprint density at radius 1 is 0.500 bits per heavy atom. The normalized spacial score (nSPS) is 12.3. The van der Waals surface area contributed by atoms with Crippen LogP contribution in [0, 0.1) is 0 Å². The van der Waals surface area contributed by atoms with Crippen LogP contribution >= 0.6 is 11.3 Å². The van der Waals surface area contributed by atoms with Crippen molar-refractivity contribution in [3.05, 3.63) is 122 Å². The summed E-state index contributed by atoms with van der Waals surface area (Å²) in [4.78, 5) is 15.4. The molecule has 4 aromatic heterocycles. The lowest BCUT2D eigenvalue weighted by atomic mass is 9.98. The van der Waals surface area contributed by atoms with Crippen molar-refractivity contribution in [3.63, 3.8) is 0 Å². The van der Waals surface area contributed by atoms with E-state index in [1.54, 1.807) is 0 Å². The average molecular weight is 553 g/mol. The van der Waals surface area contributed by atoms with Crippen LogP contribution in [-0.4, -0.2) is 19.5 Å². The molecule has 0 amide bonds. The summed E-state index contributed by atoms with van der Waals surface area (Å²) in [5.41, 5.74) is 4.23. The maximum Gasteiger partial charge on any atom is 0.235 e. The number of rotatable bonds is 1. The Labute approximate surface area is 243 Å². The number of fused-ring (bicyclic) bond motifs is 16. The maximum absolute atomic E-state index is 5.39. The van der Waals surface area contributed by atoms with Crippen molar-refractivity contribution in [1.82, 2.24) is 19.5 Å². The van der Waals surface area contributed by atoms with E-state index < -0.39 is 0 Å². The van der Waals surface area contributed by atoms with Gasteiger partial charge in [-0.2, -0.15) is 0 Å². The number of thiophene rings is 1. The van der Waals surface area contributed by atoms with E-state index in [-0.39, 0.29) is 0 Å². The molecule has 5 heteroatoms. The Morgan fingerprint density at radius 2 is 1.14 bits per heavy atom. The van der Waals surface area contributed by atoms with E-state index in [0.717, 1.165) is 38.2 Å². The number of aromatic nitrogens is 4. The molecule has 6 aromatic carbocycles. The lowest BCUT2D eigenvalue weighted by Crippen LogP contribution is -2.02. The van der Waals surface area contributed by atoms with Gasteiger partial charge in [0, 0.05) is 54.8 Å². The molecule has 0 aliphatic rings. The number of pyridine rings is 1. The zero-order valence-corrected chi connectivity index (χ0v) is 23.1. The van der Waals surface area contributed by atoms with Gasteiger partial charge in [-0.15, -0.1) is 11.3 Å². The first kappa shape index (κ1) is 22.3. The minimum atomic E-state index is 0.675. The number of para-hydroxylation sites is 1. The summed E-state index contributed by atoms with van der Waals surface area (Å²) in [6.45, 7) is 0. The minimum absolute atomic E-state index is 0.675. The van der Waals surface area contributed by atoms with Crippen LogP contribution in [0.15, 0.2) is 122 Å². The zero-order chi connectivity index (χ0) is 27.4. The third kappa shape index (κ3) is 2.78.